The lowest BCUT2D eigenvalue weighted by molar-refractivity contribution is 0.124. The molecule has 1 aliphatic rings. The Morgan fingerprint density at radius 3 is 2.89 bits per heavy atom. The van der Waals surface area contributed by atoms with Crippen LogP contribution in [0.25, 0.3) is 0 Å². The molecule has 0 aromatic carbocycles. The molecule has 7 nitrogen and oxygen atoms in total. The SMILES string of the molecule is CCOc1nc(N)nc(NCCCOCC2CC2)n1. The summed E-state index contributed by atoms with van der Waals surface area (Å²) in [5, 5.41) is 3.09. The van der Waals surface area contributed by atoms with Crippen LogP contribution in [-0.2, 0) is 4.74 Å². The fourth-order valence-electron chi connectivity index (χ4n) is 1.55. The molecule has 3 N–H and O–H groups in total. The molecule has 7 heteroatoms. The topological polar surface area (TPSA) is 95.2 Å². The number of rotatable bonds is 9. The molecule has 19 heavy (non-hydrogen) atoms. The second kappa shape index (κ2) is 7.08. The Labute approximate surface area is 112 Å². The molecule has 0 amide bonds. The predicted octanol–water partition coefficient (Wildman–Crippen LogP) is 1.08. The van der Waals surface area contributed by atoms with E-state index < -0.39 is 0 Å². The molecular formula is C12H21N5O2. The monoisotopic (exact) mass is 267 g/mol. The number of nitrogen functional groups attached to an aromatic ring is 1. The molecule has 1 aromatic heterocycles. The van der Waals surface area contributed by atoms with Crippen molar-refractivity contribution in [3.63, 3.8) is 0 Å². The average Bonchev–Trinajstić information content (AvgIpc) is 3.17. The van der Waals surface area contributed by atoms with E-state index in [0.717, 1.165) is 32.1 Å². The number of aromatic nitrogens is 3. The van der Waals surface area contributed by atoms with Crippen LogP contribution >= 0.6 is 0 Å². The van der Waals surface area contributed by atoms with E-state index in [1.807, 2.05) is 6.92 Å². The fraction of sp³-hybridized carbons (Fsp3) is 0.750. The molecule has 0 spiro atoms. The minimum absolute atomic E-state index is 0.158. The minimum atomic E-state index is 0.158. The average molecular weight is 267 g/mol. The van der Waals surface area contributed by atoms with Crippen molar-refractivity contribution in [2.75, 3.05) is 37.4 Å². The summed E-state index contributed by atoms with van der Waals surface area (Å²) in [4.78, 5) is 12.0. The normalized spacial score (nSPS) is 14.4. The quantitative estimate of drug-likeness (QED) is 0.646. The molecule has 0 saturated heterocycles. The Morgan fingerprint density at radius 2 is 2.16 bits per heavy atom. The van der Waals surface area contributed by atoms with Gasteiger partial charge in [-0.25, -0.2) is 0 Å². The molecule has 106 valence electrons. The van der Waals surface area contributed by atoms with Gasteiger partial charge in [-0.05, 0) is 32.1 Å². The number of nitrogens with two attached hydrogens (primary N) is 1. The fourth-order valence-corrected chi connectivity index (χ4v) is 1.55. The van der Waals surface area contributed by atoms with Gasteiger partial charge in [0, 0.05) is 19.8 Å². The zero-order valence-electron chi connectivity index (χ0n) is 11.3. The Bertz CT molecular complexity index is 398. The molecule has 1 aliphatic carbocycles. The lowest BCUT2D eigenvalue weighted by atomic mass is 10.4. The molecule has 0 radical (unpaired) electrons. The van der Waals surface area contributed by atoms with Crippen molar-refractivity contribution in [2.45, 2.75) is 26.2 Å². The van der Waals surface area contributed by atoms with Crippen LogP contribution in [-0.4, -0.2) is 41.3 Å². The van der Waals surface area contributed by atoms with Gasteiger partial charge >= 0.3 is 6.01 Å². The van der Waals surface area contributed by atoms with Gasteiger partial charge in [-0.1, -0.05) is 0 Å². The minimum Gasteiger partial charge on any atom is -0.464 e. The van der Waals surface area contributed by atoms with Gasteiger partial charge in [0.05, 0.1) is 6.61 Å². The zero-order valence-corrected chi connectivity index (χ0v) is 11.3. The van der Waals surface area contributed by atoms with Crippen molar-refractivity contribution in [3.8, 4) is 6.01 Å². The van der Waals surface area contributed by atoms with Gasteiger partial charge < -0.3 is 20.5 Å². The van der Waals surface area contributed by atoms with E-state index in [1.54, 1.807) is 0 Å². The van der Waals surface area contributed by atoms with Crippen LogP contribution in [0, 0.1) is 5.92 Å². The third-order valence-electron chi connectivity index (χ3n) is 2.70. The highest BCUT2D eigenvalue weighted by Crippen LogP contribution is 2.28. The van der Waals surface area contributed by atoms with E-state index in [-0.39, 0.29) is 12.0 Å². The lowest BCUT2D eigenvalue weighted by Gasteiger charge is -2.07. The molecule has 1 saturated carbocycles. The molecule has 2 rings (SSSR count). The number of nitrogens with zero attached hydrogens (tertiary/aromatic N) is 3. The summed E-state index contributed by atoms with van der Waals surface area (Å²) in [6, 6.07) is 0.252. The van der Waals surface area contributed by atoms with Crippen molar-refractivity contribution < 1.29 is 9.47 Å². The number of anilines is 2. The largest absolute Gasteiger partial charge is 0.464 e. The van der Waals surface area contributed by atoms with Crippen LogP contribution < -0.4 is 15.8 Å². The number of nitrogens with one attached hydrogen (secondary N) is 1. The molecule has 1 heterocycles. The smallest absolute Gasteiger partial charge is 0.323 e. The summed E-state index contributed by atoms with van der Waals surface area (Å²) >= 11 is 0. The van der Waals surface area contributed by atoms with Crippen molar-refractivity contribution in [1.82, 2.24) is 15.0 Å². The predicted molar refractivity (Wildman–Crippen MR) is 72.1 cm³/mol. The first-order valence-electron chi connectivity index (χ1n) is 6.74. The summed E-state index contributed by atoms with van der Waals surface area (Å²) in [5.74, 6) is 1.41. The summed E-state index contributed by atoms with van der Waals surface area (Å²) < 4.78 is 10.7. The number of hydrogen-bond donors (Lipinski definition) is 2. The maximum absolute atomic E-state index is 5.57. The second-order valence-electron chi connectivity index (χ2n) is 4.53. The van der Waals surface area contributed by atoms with Crippen LogP contribution in [0.4, 0.5) is 11.9 Å². The van der Waals surface area contributed by atoms with Crippen molar-refractivity contribution >= 4 is 11.9 Å². The maximum Gasteiger partial charge on any atom is 0.323 e. The highest BCUT2D eigenvalue weighted by molar-refractivity contribution is 5.32. The van der Waals surface area contributed by atoms with E-state index in [2.05, 4.69) is 20.3 Å². The summed E-state index contributed by atoms with van der Waals surface area (Å²) in [6.45, 7) is 4.75. The van der Waals surface area contributed by atoms with Gasteiger partial charge in [0.15, 0.2) is 0 Å². The van der Waals surface area contributed by atoms with Gasteiger partial charge in [-0.3, -0.25) is 0 Å². The van der Waals surface area contributed by atoms with E-state index in [0.29, 0.717) is 12.6 Å². The molecule has 1 aromatic rings. The lowest BCUT2D eigenvalue weighted by Crippen LogP contribution is -2.12. The maximum atomic E-state index is 5.57. The molecule has 0 unspecified atom stereocenters. The Balaban J connectivity index is 1.65. The highest BCUT2D eigenvalue weighted by atomic mass is 16.5. The van der Waals surface area contributed by atoms with E-state index >= 15 is 0 Å². The van der Waals surface area contributed by atoms with Gasteiger partial charge in [0.2, 0.25) is 11.9 Å². The van der Waals surface area contributed by atoms with Gasteiger partial charge in [0.25, 0.3) is 0 Å². The van der Waals surface area contributed by atoms with E-state index in [9.17, 15) is 0 Å². The van der Waals surface area contributed by atoms with E-state index in [1.165, 1.54) is 12.8 Å². The van der Waals surface area contributed by atoms with Crippen LogP contribution in [0.15, 0.2) is 0 Å². The standard InChI is InChI=1S/C12H21N5O2/c1-2-19-12-16-10(13)15-11(17-12)14-6-3-7-18-8-9-4-5-9/h9H,2-8H2,1H3,(H3,13,14,15,16,17). The summed E-state index contributed by atoms with van der Waals surface area (Å²) in [5.41, 5.74) is 5.57. The first-order chi connectivity index (χ1) is 9.28. The molecular weight excluding hydrogens is 246 g/mol. The first-order valence-corrected chi connectivity index (χ1v) is 6.74. The molecule has 0 atom stereocenters. The van der Waals surface area contributed by atoms with Gasteiger partial charge in [0.1, 0.15) is 0 Å². The van der Waals surface area contributed by atoms with Gasteiger partial charge in [-0.15, -0.1) is 0 Å². The third-order valence-corrected chi connectivity index (χ3v) is 2.70. The Kier molecular flexibility index (Phi) is 5.14. The second-order valence-corrected chi connectivity index (χ2v) is 4.53. The number of ether oxygens (including phenoxy) is 2. The van der Waals surface area contributed by atoms with Crippen molar-refractivity contribution in [2.24, 2.45) is 5.92 Å². The zero-order chi connectivity index (χ0) is 13.5. The van der Waals surface area contributed by atoms with Crippen LogP contribution in [0.3, 0.4) is 0 Å². The Hall–Kier alpha value is -1.63. The van der Waals surface area contributed by atoms with Crippen LogP contribution in [0.1, 0.15) is 26.2 Å². The third kappa shape index (κ3) is 5.25. The van der Waals surface area contributed by atoms with E-state index in [4.69, 9.17) is 15.2 Å². The molecule has 0 bridgehead atoms. The van der Waals surface area contributed by atoms with Crippen molar-refractivity contribution in [1.29, 1.82) is 0 Å². The number of hydrogen-bond acceptors (Lipinski definition) is 7. The first kappa shape index (κ1) is 13.8. The Morgan fingerprint density at radius 1 is 1.32 bits per heavy atom. The molecule has 0 aliphatic heterocycles. The van der Waals surface area contributed by atoms with Crippen molar-refractivity contribution in [3.05, 3.63) is 0 Å². The van der Waals surface area contributed by atoms with Gasteiger partial charge in [-0.2, -0.15) is 15.0 Å². The highest BCUT2D eigenvalue weighted by Gasteiger charge is 2.20. The van der Waals surface area contributed by atoms with Crippen LogP contribution in [0.5, 0.6) is 6.01 Å². The molecule has 1 fully saturated rings. The summed E-state index contributed by atoms with van der Waals surface area (Å²) in [7, 11) is 0. The van der Waals surface area contributed by atoms with Crippen LogP contribution in [0.2, 0.25) is 0 Å². The summed E-state index contributed by atoms with van der Waals surface area (Å²) in [6.07, 6.45) is 3.55.